The van der Waals surface area contributed by atoms with E-state index in [9.17, 15) is 4.79 Å². The van der Waals surface area contributed by atoms with Gasteiger partial charge in [-0.2, -0.15) is 5.10 Å². The van der Waals surface area contributed by atoms with Crippen LogP contribution in [0.5, 0.6) is 0 Å². The number of aromatic nitrogens is 4. The Hall–Kier alpha value is -1.95. The Bertz CT molecular complexity index is 584. The smallest absolute Gasteiger partial charge is 0.287 e. The first kappa shape index (κ1) is 12.5. The molecule has 0 aliphatic heterocycles. The van der Waals surface area contributed by atoms with Crippen molar-refractivity contribution in [2.75, 3.05) is 5.32 Å². The van der Waals surface area contributed by atoms with Crippen molar-refractivity contribution in [3.8, 4) is 0 Å². The number of rotatable bonds is 4. The van der Waals surface area contributed by atoms with Crippen LogP contribution >= 0.6 is 11.6 Å². The molecule has 1 N–H and O–H groups in total. The molecule has 0 unspecified atom stereocenters. The van der Waals surface area contributed by atoms with E-state index >= 15 is 0 Å². The van der Waals surface area contributed by atoms with Crippen LogP contribution in [-0.2, 0) is 13.1 Å². The molecule has 7 heteroatoms. The Kier molecular flexibility index (Phi) is 3.88. The predicted molar refractivity (Wildman–Crippen MR) is 68.5 cm³/mol. The van der Waals surface area contributed by atoms with Gasteiger partial charge in [0.05, 0.1) is 24.1 Å². The van der Waals surface area contributed by atoms with E-state index < -0.39 is 0 Å². The zero-order valence-electron chi connectivity index (χ0n) is 9.80. The van der Waals surface area contributed by atoms with Gasteiger partial charge in [0.25, 0.3) is 5.56 Å². The van der Waals surface area contributed by atoms with E-state index in [1.807, 2.05) is 6.92 Å². The Morgan fingerprint density at radius 3 is 3.00 bits per heavy atom. The van der Waals surface area contributed by atoms with E-state index in [4.69, 9.17) is 11.6 Å². The van der Waals surface area contributed by atoms with Crippen molar-refractivity contribution in [2.24, 2.45) is 0 Å². The summed E-state index contributed by atoms with van der Waals surface area (Å²) in [5, 5.41) is 7.16. The summed E-state index contributed by atoms with van der Waals surface area (Å²) < 4.78 is 1.30. The van der Waals surface area contributed by atoms with Gasteiger partial charge in [-0.3, -0.25) is 4.79 Å². The maximum atomic E-state index is 11.7. The Morgan fingerprint density at radius 2 is 2.33 bits per heavy atom. The van der Waals surface area contributed by atoms with Crippen molar-refractivity contribution >= 4 is 17.3 Å². The van der Waals surface area contributed by atoms with E-state index in [0.29, 0.717) is 18.8 Å². The molecule has 0 saturated carbocycles. The first-order valence-corrected chi connectivity index (χ1v) is 5.84. The number of nitrogens with zero attached hydrogens (tertiary/aromatic N) is 4. The first-order valence-electron chi connectivity index (χ1n) is 5.46. The standard InChI is InChI=1S/C11H12ClN5O/c1-2-17-11(18)10(12)9(6-16-17)14-5-8-3-4-13-7-15-8/h3-4,6-7,14H,2,5H2,1H3. The molecule has 0 aromatic carbocycles. The number of anilines is 1. The number of aryl methyl sites for hydroxylation is 1. The van der Waals surface area contributed by atoms with Crippen molar-refractivity contribution in [2.45, 2.75) is 20.0 Å². The van der Waals surface area contributed by atoms with Crippen molar-refractivity contribution in [1.82, 2.24) is 19.7 Å². The van der Waals surface area contributed by atoms with Crippen molar-refractivity contribution in [1.29, 1.82) is 0 Å². The fraction of sp³-hybridized carbons (Fsp3) is 0.273. The van der Waals surface area contributed by atoms with Crippen LogP contribution < -0.4 is 10.9 Å². The van der Waals surface area contributed by atoms with Crippen molar-refractivity contribution in [3.63, 3.8) is 0 Å². The van der Waals surface area contributed by atoms with Crippen LogP contribution in [-0.4, -0.2) is 19.7 Å². The Labute approximate surface area is 109 Å². The predicted octanol–water partition coefficient (Wildman–Crippen LogP) is 1.32. The van der Waals surface area contributed by atoms with Gasteiger partial charge in [-0.15, -0.1) is 0 Å². The third-order valence-electron chi connectivity index (χ3n) is 2.39. The maximum absolute atomic E-state index is 11.7. The summed E-state index contributed by atoms with van der Waals surface area (Å²) in [5.74, 6) is 0. The van der Waals surface area contributed by atoms with E-state index in [1.54, 1.807) is 12.3 Å². The molecule has 2 aromatic heterocycles. The minimum atomic E-state index is -0.299. The van der Waals surface area contributed by atoms with Crippen LogP contribution in [0.15, 0.2) is 29.6 Å². The summed E-state index contributed by atoms with van der Waals surface area (Å²) in [4.78, 5) is 19.6. The lowest BCUT2D eigenvalue weighted by Crippen LogP contribution is -2.23. The Morgan fingerprint density at radius 1 is 1.50 bits per heavy atom. The minimum Gasteiger partial charge on any atom is -0.377 e. The summed E-state index contributed by atoms with van der Waals surface area (Å²) in [7, 11) is 0. The van der Waals surface area contributed by atoms with Gasteiger partial charge >= 0.3 is 0 Å². The van der Waals surface area contributed by atoms with E-state index in [2.05, 4.69) is 20.4 Å². The van der Waals surface area contributed by atoms with Gasteiger partial charge in [0.2, 0.25) is 0 Å². The zero-order chi connectivity index (χ0) is 13.0. The molecule has 18 heavy (non-hydrogen) atoms. The lowest BCUT2D eigenvalue weighted by molar-refractivity contribution is 0.616. The average molecular weight is 266 g/mol. The van der Waals surface area contributed by atoms with E-state index in [-0.39, 0.29) is 10.6 Å². The largest absolute Gasteiger partial charge is 0.377 e. The molecule has 0 bridgehead atoms. The summed E-state index contributed by atoms with van der Waals surface area (Å²) in [5.41, 5.74) is 1.01. The molecule has 6 nitrogen and oxygen atoms in total. The number of nitrogens with one attached hydrogen (secondary N) is 1. The van der Waals surface area contributed by atoms with Gasteiger partial charge in [0, 0.05) is 12.7 Å². The molecule has 0 fully saturated rings. The highest BCUT2D eigenvalue weighted by molar-refractivity contribution is 6.32. The van der Waals surface area contributed by atoms with Gasteiger partial charge in [0.15, 0.2) is 0 Å². The van der Waals surface area contributed by atoms with Crippen LogP contribution in [0.25, 0.3) is 0 Å². The molecule has 2 heterocycles. The third-order valence-corrected chi connectivity index (χ3v) is 2.75. The third kappa shape index (κ3) is 2.65. The van der Waals surface area contributed by atoms with Crippen molar-refractivity contribution in [3.05, 3.63) is 45.9 Å². The van der Waals surface area contributed by atoms with E-state index in [1.165, 1.54) is 17.2 Å². The highest BCUT2D eigenvalue weighted by Crippen LogP contribution is 2.15. The maximum Gasteiger partial charge on any atom is 0.287 e. The molecule has 0 saturated heterocycles. The minimum absolute atomic E-state index is 0.140. The Balaban J connectivity index is 2.16. The fourth-order valence-corrected chi connectivity index (χ4v) is 1.64. The molecule has 0 spiro atoms. The van der Waals surface area contributed by atoms with Gasteiger partial charge < -0.3 is 5.32 Å². The van der Waals surface area contributed by atoms with Gasteiger partial charge in [-0.1, -0.05) is 11.6 Å². The molecule has 94 valence electrons. The first-order chi connectivity index (χ1) is 8.72. The van der Waals surface area contributed by atoms with Crippen LogP contribution in [0, 0.1) is 0 Å². The molecular formula is C11H12ClN5O. The SMILES string of the molecule is CCn1ncc(NCc2ccncn2)c(Cl)c1=O. The molecule has 2 rings (SSSR count). The summed E-state index contributed by atoms with van der Waals surface area (Å²) in [6.45, 7) is 2.78. The second-order valence-electron chi connectivity index (χ2n) is 3.55. The second kappa shape index (κ2) is 5.59. The van der Waals surface area contributed by atoms with Gasteiger partial charge in [-0.05, 0) is 13.0 Å². The molecule has 0 amide bonds. The summed E-state index contributed by atoms with van der Waals surface area (Å²) >= 11 is 5.97. The highest BCUT2D eigenvalue weighted by atomic mass is 35.5. The number of hydrogen-bond donors (Lipinski definition) is 1. The number of hydrogen-bond acceptors (Lipinski definition) is 5. The molecule has 0 atom stereocenters. The highest BCUT2D eigenvalue weighted by Gasteiger charge is 2.07. The number of halogens is 1. The molecular weight excluding hydrogens is 254 g/mol. The van der Waals surface area contributed by atoms with Gasteiger partial charge in [0.1, 0.15) is 11.3 Å². The average Bonchev–Trinajstić information content (AvgIpc) is 2.42. The molecule has 2 aromatic rings. The lowest BCUT2D eigenvalue weighted by atomic mass is 10.4. The quantitative estimate of drug-likeness (QED) is 0.903. The molecule has 0 radical (unpaired) electrons. The lowest BCUT2D eigenvalue weighted by Gasteiger charge is -2.08. The van der Waals surface area contributed by atoms with E-state index in [0.717, 1.165) is 5.69 Å². The molecule has 0 aliphatic carbocycles. The van der Waals surface area contributed by atoms with Crippen LogP contribution in [0.2, 0.25) is 5.02 Å². The normalized spacial score (nSPS) is 10.3. The zero-order valence-corrected chi connectivity index (χ0v) is 10.6. The van der Waals surface area contributed by atoms with Crippen LogP contribution in [0.3, 0.4) is 0 Å². The van der Waals surface area contributed by atoms with Gasteiger partial charge in [-0.25, -0.2) is 14.6 Å². The molecule has 0 aliphatic rings. The van der Waals surface area contributed by atoms with Crippen LogP contribution in [0.4, 0.5) is 5.69 Å². The monoisotopic (exact) mass is 265 g/mol. The summed E-state index contributed by atoms with van der Waals surface area (Å²) in [6.07, 6.45) is 4.65. The second-order valence-corrected chi connectivity index (χ2v) is 3.93. The van der Waals surface area contributed by atoms with Crippen molar-refractivity contribution < 1.29 is 0 Å². The summed E-state index contributed by atoms with van der Waals surface area (Å²) in [6, 6.07) is 1.78. The van der Waals surface area contributed by atoms with Crippen LogP contribution in [0.1, 0.15) is 12.6 Å². The fourth-order valence-electron chi connectivity index (χ4n) is 1.42. The topological polar surface area (TPSA) is 72.7 Å².